The summed E-state index contributed by atoms with van der Waals surface area (Å²) in [6, 6.07) is 18.7. The van der Waals surface area contributed by atoms with E-state index in [2.05, 4.69) is 10.5 Å². The highest BCUT2D eigenvalue weighted by atomic mass is 16.5. The normalized spacial score (nSPS) is 10.8. The van der Waals surface area contributed by atoms with Crippen molar-refractivity contribution in [1.29, 1.82) is 0 Å². The van der Waals surface area contributed by atoms with Crippen molar-refractivity contribution in [3.63, 3.8) is 0 Å². The summed E-state index contributed by atoms with van der Waals surface area (Å²) in [4.78, 5) is 12.2. The number of fused-ring (bicyclic) bond motifs is 1. The average molecular weight is 334 g/mol. The Balaban J connectivity index is 1.84. The number of nitrogens with one attached hydrogen (secondary N) is 1. The van der Waals surface area contributed by atoms with Crippen LogP contribution in [-0.4, -0.2) is 26.3 Å². The molecule has 0 spiro atoms. The third-order valence-corrected chi connectivity index (χ3v) is 3.84. The van der Waals surface area contributed by atoms with Gasteiger partial charge in [-0.3, -0.25) is 4.79 Å². The predicted octanol–water partition coefficient (Wildman–Crippen LogP) is 3.62. The van der Waals surface area contributed by atoms with E-state index >= 15 is 0 Å². The first kappa shape index (κ1) is 16.5. The van der Waals surface area contributed by atoms with Crippen LogP contribution in [0.25, 0.3) is 10.8 Å². The van der Waals surface area contributed by atoms with Crippen LogP contribution in [0.3, 0.4) is 0 Å². The zero-order valence-corrected chi connectivity index (χ0v) is 14.0. The first-order valence-corrected chi connectivity index (χ1v) is 7.76. The van der Waals surface area contributed by atoms with Gasteiger partial charge in [0, 0.05) is 11.1 Å². The molecule has 25 heavy (non-hydrogen) atoms. The van der Waals surface area contributed by atoms with Crippen LogP contribution in [-0.2, 0) is 0 Å². The van der Waals surface area contributed by atoms with Gasteiger partial charge in [-0.25, -0.2) is 5.43 Å². The van der Waals surface area contributed by atoms with E-state index in [0.717, 1.165) is 16.3 Å². The standard InChI is InChI=1S/C20H18N2O3/c1-24-16-8-5-7-15(12-16)20(23)22-21-13-18-17-9-4-3-6-14(17)10-11-19(18)25-2/h3-13H,1-2H3,(H,22,23)/b21-13+. The molecule has 0 bridgehead atoms. The van der Waals surface area contributed by atoms with Crippen molar-refractivity contribution in [2.45, 2.75) is 0 Å². The molecule has 0 atom stereocenters. The fourth-order valence-electron chi connectivity index (χ4n) is 2.57. The van der Waals surface area contributed by atoms with E-state index in [1.54, 1.807) is 44.7 Å². The number of ether oxygens (including phenoxy) is 2. The molecule has 0 unspecified atom stereocenters. The summed E-state index contributed by atoms with van der Waals surface area (Å²) in [5, 5.41) is 6.16. The Kier molecular flexibility index (Phi) is 4.95. The molecule has 0 saturated carbocycles. The van der Waals surface area contributed by atoms with Gasteiger partial charge in [-0.15, -0.1) is 0 Å². The summed E-state index contributed by atoms with van der Waals surface area (Å²) < 4.78 is 10.5. The van der Waals surface area contributed by atoms with Crippen LogP contribution in [0, 0.1) is 0 Å². The molecule has 3 aromatic carbocycles. The lowest BCUT2D eigenvalue weighted by Crippen LogP contribution is -2.17. The Morgan fingerprint density at radius 3 is 2.64 bits per heavy atom. The molecule has 1 N–H and O–H groups in total. The molecule has 0 aliphatic heterocycles. The Morgan fingerprint density at radius 1 is 1.00 bits per heavy atom. The van der Waals surface area contributed by atoms with Crippen molar-refractivity contribution in [3.8, 4) is 11.5 Å². The van der Waals surface area contributed by atoms with Crippen molar-refractivity contribution in [1.82, 2.24) is 5.43 Å². The average Bonchev–Trinajstić information content (AvgIpc) is 2.68. The first-order valence-electron chi connectivity index (χ1n) is 7.76. The molecule has 0 radical (unpaired) electrons. The molecule has 126 valence electrons. The second-order valence-electron chi connectivity index (χ2n) is 5.33. The maximum atomic E-state index is 12.2. The number of hydrogen-bond acceptors (Lipinski definition) is 4. The van der Waals surface area contributed by atoms with E-state index in [1.165, 1.54) is 0 Å². The second-order valence-corrected chi connectivity index (χ2v) is 5.33. The van der Waals surface area contributed by atoms with E-state index < -0.39 is 0 Å². The molecular formula is C20H18N2O3. The third kappa shape index (κ3) is 3.61. The fraction of sp³-hybridized carbons (Fsp3) is 0.100. The quantitative estimate of drug-likeness (QED) is 0.573. The van der Waals surface area contributed by atoms with Gasteiger partial charge in [-0.05, 0) is 35.0 Å². The second kappa shape index (κ2) is 7.49. The lowest BCUT2D eigenvalue weighted by atomic mass is 10.0. The molecule has 0 aromatic heterocycles. The highest BCUT2D eigenvalue weighted by Gasteiger charge is 2.07. The maximum absolute atomic E-state index is 12.2. The summed E-state index contributed by atoms with van der Waals surface area (Å²) in [5.41, 5.74) is 3.82. The van der Waals surface area contributed by atoms with E-state index in [1.807, 2.05) is 36.4 Å². The van der Waals surface area contributed by atoms with Gasteiger partial charge in [-0.1, -0.05) is 36.4 Å². The van der Waals surface area contributed by atoms with Crippen molar-refractivity contribution in [3.05, 3.63) is 71.8 Å². The van der Waals surface area contributed by atoms with Gasteiger partial charge in [-0.2, -0.15) is 5.10 Å². The Hall–Kier alpha value is -3.34. The van der Waals surface area contributed by atoms with Crippen LogP contribution in [0.4, 0.5) is 0 Å². The molecule has 5 nitrogen and oxygen atoms in total. The summed E-state index contributed by atoms with van der Waals surface area (Å²) in [5.74, 6) is 1.000. The topological polar surface area (TPSA) is 59.9 Å². The van der Waals surface area contributed by atoms with E-state index in [4.69, 9.17) is 9.47 Å². The van der Waals surface area contributed by atoms with Crippen molar-refractivity contribution >= 4 is 22.9 Å². The van der Waals surface area contributed by atoms with Crippen LogP contribution in [0.2, 0.25) is 0 Å². The van der Waals surface area contributed by atoms with E-state index in [-0.39, 0.29) is 5.91 Å². The van der Waals surface area contributed by atoms with Gasteiger partial charge in [0.05, 0.1) is 20.4 Å². The summed E-state index contributed by atoms with van der Waals surface area (Å²) in [6.45, 7) is 0. The van der Waals surface area contributed by atoms with Gasteiger partial charge in [0.25, 0.3) is 5.91 Å². The maximum Gasteiger partial charge on any atom is 0.271 e. The van der Waals surface area contributed by atoms with Crippen LogP contribution < -0.4 is 14.9 Å². The first-order chi connectivity index (χ1) is 12.2. The zero-order valence-electron chi connectivity index (χ0n) is 14.0. The SMILES string of the molecule is COc1cccc(C(=O)N/N=C/c2c(OC)ccc3ccccc23)c1. The Bertz CT molecular complexity index is 935. The lowest BCUT2D eigenvalue weighted by Gasteiger charge is -2.08. The minimum atomic E-state index is -0.311. The molecule has 1 amide bonds. The number of carbonyl (C=O) groups is 1. The fourth-order valence-corrected chi connectivity index (χ4v) is 2.57. The van der Waals surface area contributed by atoms with Crippen molar-refractivity contribution < 1.29 is 14.3 Å². The highest BCUT2D eigenvalue weighted by Crippen LogP contribution is 2.26. The van der Waals surface area contributed by atoms with Gasteiger partial charge >= 0.3 is 0 Å². The molecule has 0 aliphatic rings. The molecule has 0 aliphatic carbocycles. The number of hydrogen-bond donors (Lipinski definition) is 1. The van der Waals surface area contributed by atoms with E-state index in [9.17, 15) is 4.79 Å². The van der Waals surface area contributed by atoms with Gasteiger partial charge < -0.3 is 9.47 Å². The van der Waals surface area contributed by atoms with Crippen LogP contribution in [0.5, 0.6) is 11.5 Å². The number of nitrogens with zero attached hydrogens (tertiary/aromatic N) is 1. The number of carbonyl (C=O) groups excluding carboxylic acids is 1. The zero-order chi connectivity index (χ0) is 17.6. The van der Waals surface area contributed by atoms with Gasteiger partial charge in [0.15, 0.2) is 0 Å². The minimum Gasteiger partial charge on any atom is -0.497 e. The highest BCUT2D eigenvalue weighted by molar-refractivity contribution is 6.03. The molecule has 3 rings (SSSR count). The molecule has 5 heteroatoms. The van der Waals surface area contributed by atoms with Gasteiger partial charge in [0.1, 0.15) is 11.5 Å². The molecular weight excluding hydrogens is 316 g/mol. The number of methoxy groups -OCH3 is 2. The number of amides is 1. The molecule has 0 saturated heterocycles. The lowest BCUT2D eigenvalue weighted by molar-refractivity contribution is 0.0955. The molecule has 3 aromatic rings. The summed E-state index contributed by atoms with van der Waals surface area (Å²) in [7, 11) is 3.16. The minimum absolute atomic E-state index is 0.311. The summed E-state index contributed by atoms with van der Waals surface area (Å²) in [6.07, 6.45) is 1.60. The van der Waals surface area contributed by atoms with Gasteiger partial charge in [0.2, 0.25) is 0 Å². The van der Waals surface area contributed by atoms with Crippen LogP contribution in [0.15, 0.2) is 65.8 Å². The molecule has 0 fully saturated rings. The van der Waals surface area contributed by atoms with Crippen LogP contribution in [0.1, 0.15) is 15.9 Å². The number of benzene rings is 3. The predicted molar refractivity (Wildman–Crippen MR) is 98.6 cm³/mol. The summed E-state index contributed by atoms with van der Waals surface area (Å²) >= 11 is 0. The Morgan fingerprint density at radius 2 is 1.84 bits per heavy atom. The largest absolute Gasteiger partial charge is 0.497 e. The third-order valence-electron chi connectivity index (χ3n) is 3.84. The number of hydrazone groups is 1. The van der Waals surface area contributed by atoms with Crippen molar-refractivity contribution in [2.24, 2.45) is 5.10 Å². The van der Waals surface area contributed by atoms with Crippen LogP contribution >= 0.6 is 0 Å². The molecule has 0 heterocycles. The Labute approximate surface area is 145 Å². The smallest absolute Gasteiger partial charge is 0.271 e. The van der Waals surface area contributed by atoms with E-state index in [0.29, 0.717) is 17.1 Å². The monoisotopic (exact) mass is 334 g/mol. The van der Waals surface area contributed by atoms with Crippen molar-refractivity contribution in [2.75, 3.05) is 14.2 Å². The number of rotatable bonds is 5.